The highest BCUT2D eigenvalue weighted by Gasteiger charge is 2.20. The molecule has 0 aromatic heterocycles. The fourth-order valence-electron chi connectivity index (χ4n) is 2.87. The van der Waals surface area contributed by atoms with E-state index < -0.39 is 17.8 Å². The Balaban J connectivity index is 1.66. The topological polar surface area (TPSA) is 75.6 Å². The van der Waals surface area contributed by atoms with Crippen LogP contribution in [0.25, 0.3) is 11.1 Å². The fraction of sp³-hybridized carbons (Fsp3) is 0.300. The highest BCUT2D eigenvalue weighted by molar-refractivity contribution is 5.96. The van der Waals surface area contributed by atoms with Crippen LogP contribution in [0.3, 0.4) is 0 Å². The first kappa shape index (κ1) is 17.0. The van der Waals surface area contributed by atoms with E-state index in [4.69, 9.17) is 9.84 Å². The number of hydrogen-bond acceptors (Lipinski definition) is 3. The molecule has 0 fully saturated rings. The lowest BCUT2D eigenvalue weighted by Crippen LogP contribution is -2.33. The lowest BCUT2D eigenvalue weighted by molar-refractivity contribution is -0.146. The van der Waals surface area contributed by atoms with Gasteiger partial charge in [0.25, 0.3) is 0 Å². The Hall–Kier alpha value is -2.82. The number of nitrogens with one attached hydrogen (secondary N) is 1. The monoisotopic (exact) mass is 339 g/mol. The molecule has 130 valence electrons. The molecular weight excluding hydrogens is 318 g/mol. The summed E-state index contributed by atoms with van der Waals surface area (Å²) < 4.78 is 5.73. The second-order valence-electron chi connectivity index (χ2n) is 6.43. The van der Waals surface area contributed by atoms with E-state index in [9.17, 15) is 9.59 Å². The summed E-state index contributed by atoms with van der Waals surface area (Å²) in [7, 11) is 0. The van der Waals surface area contributed by atoms with Crippen LogP contribution in [0.5, 0.6) is 5.75 Å². The maximum absolute atomic E-state index is 11.7. The number of hydrogen-bond donors (Lipinski definition) is 2. The maximum Gasteiger partial charge on any atom is 0.315 e. The Kier molecular flexibility index (Phi) is 4.74. The van der Waals surface area contributed by atoms with Crippen LogP contribution in [0.15, 0.2) is 42.5 Å². The predicted molar refractivity (Wildman–Crippen MR) is 94.3 cm³/mol. The molecule has 2 unspecified atom stereocenters. The second kappa shape index (κ2) is 6.97. The van der Waals surface area contributed by atoms with E-state index in [1.54, 1.807) is 0 Å². The number of amides is 1. The number of ether oxygens (including phenoxy) is 1. The number of carboxylic acids is 1. The number of fused-ring (bicyclic) bond motifs is 1. The van der Waals surface area contributed by atoms with Crippen molar-refractivity contribution in [1.82, 2.24) is 5.32 Å². The molecule has 2 aromatic rings. The number of benzene rings is 2. The van der Waals surface area contributed by atoms with E-state index in [1.807, 2.05) is 36.4 Å². The Morgan fingerprint density at radius 2 is 1.88 bits per heavy atom. The zero-order chi connectivity index (χ0) is 18.0. The van der Waals surface area contributed by atoms with Crippen LogP contribution in [0.4, 0.5) is 0 Å². The predicted octanol–water partition coefficient (Wildman–Crippen LogP) is 3.01. The third-order valence-electron chi connectivity index (χ3n) is 4.41. The third-order valence-corrected chi connectivity index (χ3v) is 4.41. The van der Waals surface area contributed by atoms with Gasteiger partial charge in [0.2, 0.25) is 5.91 Å². The van der Waals surface area contributed by atoms with Gasteiger partial charge < -0.3 is 15.2 Å². The highest BCUT2D eigenvalue weighted by Crippen LogP contribution is 2.32. The maximum atomic E-state index is 11.7. The summed E-state index contributed by atoms with van der Waals surface area (Å²) in [5.74, 6) is -1.69. The van der Waals surface area contributed by atoms with Gasteiger partial charge in [-0.1, -0.05) is 30.3 Å². The van der Waals surface area contributed by atoms with Crippen LogP contribution in [0.1, 0.15) is 25.0 Å². The van der Waals surface area contributed by atoms with Crippen LogP contribution in [0.2, 0.25) is 0 Å². The lowest BCUT2D eigenvalue weighted by atomic mass is 10.00. The molecule has 5 heteroatoms. The molecule has 0 spiro atoms. The van der Waals surface area contributed by atoms with Gasteiger partial charge in [-0.05, 0) is 48.2 Å². The number of carbonyl (C=O) groups excluding carboxylic acids is 1. The summed E-state index contributed by atoms with van der Waals surface area (Å²) in [5, 5.41) is 11.5. The van der Waals surface area contributed by atoms with E-state index in [0.29, 0.717) is 6.54 Å². The number of rotatable bonds is 5. The largest absolute Gasteiger partial charge is 0.490 e. The molecule has 1 aliphatic rings. The molecule has 2 N–H and O–H groups in total. The van der Waals surface area contributed by atoms with Crippen molar-refractivity contribution in [3.05, 3.63) is 53.6 Å². The molecule has 0 saturated carbocycles. The highest BCUT2D eigenvalue weighted by atomic mass is 16.5. The van der Waals surface area contributed by atoms with Gasteiger partial charge in [-0.15, -0.1) is 0 Å². The first-order valence-corrected chi connectivity index (χ1v) is 8.33. The summed E-state index contributed by atoms with van der Waals surface area (Å²) in [4.78, 5) is 22.5. The SMILES string of the molecule is CC1Cc2cc(-c3ccc(CNC(=O)C(C)C(=O)O)cc3)ccc2O1. The lowest BCUT2D eigenvalue weighted by Gasteiger charge is -2.09. The number of carbonyl (C=O) groups is 2. The zero-order valence-electron chi connectivity index (χ0n) is 14.3. The Morgan fingerprint density at radius 3 is 2.56 bits per heavy atom. The van der Waals surface area contributed by atoms with Gasteiger partial charge in [0.05, 0.1) is 0 Å². The molecule has 0 bridgehead atoms. The molecule has 2 atom stereocenters. The van der Waals surface area contributed by atoms with Crippen molar-refractivity contribution >= 4 is 11.9 Å². The van der Waals surface area contributed by atoms with E-state index in [1.165, 1.54) is 12.5 Å². The molecule has 0 saturated heterocycles. The van der Waals surface area contributed by atoms with Crippen molar-refractivity contribution in [3.8, 4) is 16.9 Å². The summed E-state index contributed by atoms with van der Waals surface area (Å²) in [6, 6.07) is 14.1. The molecule has 5 nitrogen and oxygen atoms in total. The molecule has 2 aromatic carbocycles. The minimum atomic E-state index is -1.12. The Morgan fingerprint density at radius 1 is 1.20 bits per heavy atom. The first-order valence-electron chi connectivity index (χ1n) is 8.33. The molecular formula is C20H21NO4. The fourth-order valence-corrected chi connectivity index (χ4v) is 2.87. The van der Waals surface area contributed by atoms with Gasteiger partial charge in [0.1, 0.15) is 17.8 Å². The normalized spacial score (nSPS) is 16.6. The van der Waals surface area contributed by atoms with Crippen molar-refractivity contribution in [1.29, 1.82) is 0 Å². The molecule has 1 heterocycles. The van der Waals surface area contributed by atoms with Crippen molar-refractivity contribution in [2.45, 2.75) is 32.9 Å². The van der Waals surface area contributed by atoms with Crippen molar-refractivity contribution < 1.29 is 19.4 Å². The van der Waals surface area contributed by atoms with Gasteiger partial charge in [-0.25, -0.2) is 0 Å². The van der Waals surface area contributed by atoms with E-state index in [0.717, 1.165) is 28.9 Å². The summed E-state index contributed by atoms with van der Waals surface area (Å²) >= 11 is 0. The molecule has 0 aliphatic carbocycles. The average Bonchev–Trinajstić information content (AvgIpc) is 2.98. The second-order valence-corrected chi connectivity index (χ2v) is 6.43. The first-order chi connectivity index (χ1) is 11.9. The molecule has 25 heavy (non-hydrogen) atoms. The van der Waals surface area contributed by atoms with Gasteiger partial charge >= 0.3 is 5.97 Å². The van der Waals surface area contributed by atoms with Crippen LogP contribution < -0.4 is 10.1 Å². The van der Waals surface area contributed by atoms with Crippen LogP contribution >= 0.6 is 0 Å². The smallest absolute Gasteiger partial charge is 0.315 e. The Labute approximate surface area is 146 Å². The minimum Gasteiger partial charge on any atom is -0.490 e. The van der Waals surface area contributed by atoms with Gasteiger partial charge in [0.15, 0.2) is 0 Å². The van der Waals surface area contributed by atoms with E-state index in [-0.39, 0.29) is 6.10 Å². The Bertz CT molecular complexity index is 798. The molecule has 1 aliphatic heterocycles. The van der Waals surface area contributed by atoms with Gasteiger partial charge in [0, 0.05) is 13.0 Å². The third kappa shape index (κ3) is 3.82. The van der Waals surface area contributed by atoms with E-state index >= 15 is 0 Å². The van der Waals surface area contributed by atoms with E-state index in [2.05, 4.69) is 18.3 Å². The number of aliphatic carboxylic acids is 1. The molecule has 3 rings (SSSR count). The van der Waals surface area contributed by atoms with Gasteiger partial charge in [-0.3, -0.25) is 9.59 Å². The average molecular weight is 339 g/mol. The summed E-state index contributed by atoms with van der Waals surface area (Å²) in [6.45, 7) is 3.75. The molecule has 0 radical (unpaired) electrons. The van der Waals surface area contributed by atoms with Crippen molar-refractivity contribution in [2.24, 2.45) is 5.92 Å². The van der Waals surface area contributed by atoms with Crippen LogP contribution in [0, 0.1) is 5.92 Å². The molecule has 1 amide bonds. The summed E-state index contributed by atoms with van der Waals surface area (Å²) in [6.07, 6.45) is 1.15. The van der Waals surface area contributed by atoms with Crippen molar-refractivity contribution in [3.63, 3.8) is 0 Å². The zero-order valence-corrected chi connectivity index (χ0v) is 14.3. The van der Waals surface area contributed by atoms with Crippen molar-refractivity contribution in [2.75, 3.05) is 0 Å². The van der Waals surface area contributed by atoms with Crippen LogP contribution in [-0.2, 0) is 22.6 Å². The minimum absolute atomic E-state index is 0.226. The van der Waals surface area contributed by atoms with Crippen LogP contribution in [-0.4, -0.2) is 23.1 Å². The number of carboxylic acid groups (broad SMARTS) is 1. The standard InChI is InChI=1S/C20H21NO4/c1-12-9-17-10-16(7-8-18(17)25-12)15-5-3-14(4-6-15)11-21-19(22)13(2)20(23)24/h3-8,10,12-13H,9,11H2,1-2H3,(H,21,22)(H,23,24). The summed E-state index contributed by atoms with van der Waals surface area (Å²) in [5.41, 5.74) is 4.37. The van der Waals surface area contributed by atoms with Gasteiger partial charge in [-0.2, -0.15) is 0 Å². The quantitative estimate of drug-likeness (QED) is 0.821.